The summed E-state index contributed by atoms with van der Waals surface area (Å²) in [4.78, 5) is 23.2. The summed E-state index contributed by atoms with van der Waals surface area (Å²) < 4.78 is 0. The standard InChI is InChI=1S/C15H12ClNO4/c16-10-7-4-8-11(12(10)15(20)21)17-14(19)13(18)9-5-2-1-3-6-9/h1-8,13,18H,(H,17,19)(H,20,21). The van der Waals surface area contributed by atoms with Gasteiger partial charge in [0.05, 0.1) is 10.7 Å². The van der Waals surface area contributed by atoms with Gasteiger partial charge in [0.15, 0.2) is 6.10 Å². The molecule has 0 aliphatic heterocycles. The van der Waals surface area contributed by atoms with E-state index in [1.165, 1.54) is 18.2 Å². The fourth-order valence-corrected chi connectivity index (χ4v) is 2.09. The van der Waals surface area contributed by atoms with E-state index in [1.54, 1.807) is 30.3 Å². The number of amides is 1. The Hall–Kier alpha value is -2.37. The molecule has 0 saturated heterocycles. The van der Waals surface area contributed by atoms with Gasteiger partial charge in [0.2, 0.25) is 0 Å². The van der Waals surface area contributed by atoms with Crippen molar-refractivity contribution in [3.63, 3.8) is 0 Å². The maximum atomic E-state index is 12.0. The van der Waals surface area contributed by atoms with Crippen LogP contribution in [0, 0.1) is 0 Å². The Bertz CT molecular complexity index is 673. The largest absolute Gasteiger partial charge is 0.478 e. The summed E-state index contributed by atoms with van der Waals surface area (Å²) in [6.45, 7) is 0. The second kappa shape index (κ2) is 6.39. The van der Waals surface area contributed by atoms with Gasteiger partial charge in [-0.15, -0.1) is 0 Å². The lowest BCUT2D eigenvalue weighted by molar-refractivity contribution is -0.124. The number of halogens is 1. The van der Waals surface area contributed by atoms with Crippen molar-refractivity contribution in [2.75, 3.05) is 5.32 Å². The van der Waals surface area contributed by atoms with E-state index in [0.29, 0.717) is 5.56 Å². The van der Waals surface area contributed by atoms with Crippen LogP contribution in [0.3, 0.4) is 0 Å². The summed E-state index contributed by atoms with van der Waals surface area (Å²) in [5, 5.41) is 21.5. The molecule has 0 heterocycles. The monoisotopic (exact) mass is 305 g/mol. The summed E-state index contributed by atoms with van der Waals surface area (Å²) >= 11 is 5.81. The lowest BCUT2D eigenvalue weighted by Crippen LogP contribution is -2.22. The van der Waals surface area contributed by atoms with Gasteiger partial charge in [-0.2, -0.15) is 0 Å². The second-order valence-corrected chi connectivity index (χ2v) is 4.68. The number of carbonyl (C=O) groups excluding carboxylic acids is 1. The lowest BCUT2D eigenvalue weighted by Gasteiger charge is -2.13. The number of benzene rings is 2. The smallest absolute Gasteiger partial charge is 0.339 e. The minimum absolute atomic E-state index is 0.00880. The highest BCUT2D eigenvalue weighted by atomic mass is 35.5. The Balaban J connectivity index is 2.25. The average Bonchev–Trinajstić information content (AvgIpc) is 2.47. The maximum Gasteiger partial charge on any atom is 0.339 e. The van der Waals surface area contributed by atoms with Crippen LogP contribution in [-0.2, 0) is 4.79 Å². The predicted octanol–water partition coefficient (Wildman–Crippen LogP) is 2.71. The number of aliphatic hydroxyl groups excluding tert-OH is 1. The zero-order valence-electron chi connectivity index (χ0n) is 10.8. The van der Waals surface area contributed by atoms with Crippen LogP contribution in [0.5, 0.6) is 0 Å². The topological polar surface area (TPSA) is 86.6 Å². The van der Waals surface area contributed by atoms with E-state index >= 15 is 0 Å². The van der Waals surface area contributed by atoms with Crippen molar-refractivity contribution in [3.8, 4) is 0 Å². The van der Waals surface area contributed by atoms with Crippen molar-refractivity contribution < 1.29 is 19.8 Å². The van der Waals surface area contributed by atoms with E-state index in [2.05, 4.69) is 5.32 Å². The third-order valence-electron chi connectivity index (χ3n) is 2.85. The molecule has 0 aliphatic rings. The molecule has 0 fully saturated rings. The normalized spacial score (nSPS) is 11.7. The summed E-state index contributed by atoms with van der Waals surface area (Å²) in [5.74, 6) is -1.99. The number of nitrogens with one attached hydrogen (secondary N) is 1. The molecule has 21 heavy (non-hydrogen) atoms. The van der Waals surface area contributed by atoms with Gasteiger partial charge >= 0.3 is 5.97 Å². The third kappa shape index (κ3) is 3.39. The molecule has 6 heteroatoms. The molecule has 2 aromatic carbocycles. The molecular weight excluding hydrogens is 294 g/mol. The molecule has 2 aromatic rings. The maximum absolute atomic E-state index is 12.0. The van der Waals surface area contributed by atoms with Crippen molar-refractivity contribution in [1.82, 2.24) is 0 Å². The van der Waals surface area contributed by atoms with Gasteiger partial charge in [0.25, 0.3) is 5.91 Å². The molecule has 3 N–H and O–H groups in total. The lowest BCUT2D eigenvalue weighted by atomic mass is 10.1. The highest BCUT2D eigenvalue weighted by Gasteiger charge is 2.21. The molecule has 0 spiro atoms. The third-order valence-corrected chi connectivity index (χ3v) is 3.16. The van der Waals surface area contributed by atoms with Crippen molar-refractivity contribution in [2.45, 2.75) is 6.10 Å². The van der Waals surface area contributed by atoms with E-state index < -0.39 is 18.0 Å². The Morgan fingerprint density at radius 1 is 1.05 bits per heavy atom. The molecule has 0 bridgehead atoms. The molecule has 5 nitrogen and oxygen atoms in total. The van der Waals surface area contributed by atoms with E-state index in [-0.39, 0.29) is 16.3 Å². The van der Waals surface area contributed by atoms with Gasteiger partial charge < -0.3 is 15.5 Å². The van der Waals surface area contributed by atoms with E-state index in [4.69, 9.17) is 16.7 Å². The molecule has 108 valence electrons. The summed E-state index contributed by atoms with van der Waals surface area (Å²) in [5.41, 5.74) is 0.233. The van der Waals surface area contributed by atoms with Crippen LogP contribution < -0.4 is 5.32 Å². The van der Waals surface area contributed by atoms with Crippen LogP contribution in [0.15, 0.2) is 48.5 Å². The number of hydrogen-bond donors (Lipinski definition) is 3. The first-order valence-corrected chi connectivity index (χ1v) is 6.44. The Morgan fingerprint density at radius 3 is 2.33 bits per heavy atom. The fourth-order valence-electron chi connectivity index (χ4n) is 1.83. The van der Waals surface area contributed by atoms with Gasteiger partial charge in [-0.25, -0.2) is 4.79 Å². The number of rotatable bonds is 4. The molecule has 0 saturated carbocycles. The van der Waals surface area contributed by atoms with E-state index in [9.17, 15) is 14.7 Å². The number of carbonyl (C=O) groups is 2. The Morgan fingerprint density at radius 2 is 1.71 bits per heavy atom. The van der Waals surface area contributed by atoms with Crippen molar-refractivity contribution >= 4 is 29.2 Å². The van der Waals surface area contributed by atoms with Gasteiger partial charge in [-0.3, -0.25) is 4.79 Å². The number of anilines is 1. The first-order valence-electron chi connectivity index (χ1n) is 6.06. The van der Waals surface area contributed by atoms with Crippen molar-refractivity contribution in [3.05, 3.63) is 64.7 Å². The number of aliphatic hydroxyl groups is 1. The highest BCUT2D eigenvalue weighted by Crippen LogP contribution is 2.25. The number of hydrogen-bond acceptors (Lipinski definition) is 3. The zero-order chi connectivity index (χ0) is 15.4. The molecule has 1 amide bonds. The average molecular weight is 306 g/mol. The van der Waals surface area contributed by atoms with Gasteiger partial charge in [0.1, 0.15) is 5.56 Å². The first-order chi connectivity index (χ1) is 10.0. The molecule has 0 radical (unpaired) electrons. The minimum atomic E-state index is -1.40. The van der Waals surface area contributed by atoms with E-state index in [0.717, 1.165) is 0 Å². The molecule has 0 aliphatic carbocycles. The van der Waals surface area contributed by atoms with Crippen LogP contribution >= 0.6 is 11.6 Å². The quantitative estimate of drug-likeness (QED) is 0.810. The summed E-state index contributed by atoms with van der Waals surface area (Å²) in [6, 6.07) is 12.7. The molecule has 1 atom stereocenters. The minimum Gasteiger partial charge on any atom is -0.478 e. The van der Waals surface area contributed by atoms with Crippen LogP contribution in [0.4, 0.5) is 5.69 Å². The molecule has 0 aromatic heterocycles. The summed E-state index contributed by atoms with van der Waals surface area (Å²) in [6.07, 6.45) is -1.40. The summed E-state index contributed by atoms with van der Waals surface area (Å²) in [7, 11) is 0. The molecule has 1 unspecified atom stereocenters. The fraction of sp³-hybridized carbons (Fsp3) is 0.0667. The number of aromatic carboxylic acids is 1. The van der Waals surface area contributed by atoms with Crippen LogP contribution in [0.1, 0.15) is 22.0 Å². The van der Waals surface area contributed by atoms with Crippen LogP contribution in [0.25, 0.3) is 0 Å². The molecular formula is C15H12ClNO4. The predicted molar refractivity (Wildman–Crippen MR) is 78.4 cm³/mol. The Labute approximate surface area is 125 Å². The first kappa shape index (κ1) is 15.0. The zero-order valence-corrected chi connectivity index (χ0v) is 11.5. The van der Waals surface area contributed by atoms with Crippen LogP contribution in [-0.4, -0.2) is 22.1 Å². The SMILES string of the molecule is O=C(O)c1c(Cl)cccc1NC(=O)C(O)c1ccccc1. The van der Waals surface area contributed by atoms with Gasteiger partial charge in [-0.1, -0.05) is 48.0 Å². The van der Waals surface area contributed by atoms with Crippen molar-refractivity contribution in [2.24, 2.45) is 0 Å². The van der Waals surface area contributed by atoms with E-state index in [1.807, 2.05) is 0 Å². The number of carboxylic acids is 1. The van der Waals surface area contributed by atoms with Gasteiger partial charge in [0, 0.05) is 0 Å². The second-order valence-electron chi connectivity index (χ2n) is 4.27. The highest BCUT2D eigenvalue weighted by molar-refractivity contribution is 6.34. The Kier molecular flexibility index (Phi) is 4.57. The number of carboxylic acid groups (broad SMARTS) is 1. The molecule has 2 rings (SSSR count). The van der Waals surface area contributed by atoms with Gasteiger partial charge in [-0.05, 0) is 17.7 Å². The van der Waals surface area contributed by atoms with Crippen LogP contribution in [0.2, 0.25) is 5.02 Å². The van der Waals surface area contributed by atoms with Crippen molar-refractivity contribution in [1.29, 1.82) is 0 Å².